The van der Waals surface area contributed by atoms with E-state index in [4.69, 9.17) is 0 Å². The van der Waals surface area contributed by atoms with E-state index in [1.807, 2.05) is 13.8 Å². The van der Waals surface area contributed by atoms with Gasteiger partial charge in [-0.05, 0) is 38.8 Å². The topological polar surface area (TPSA) is 32.3 Å². The maximum Gasteiger partial charge on any atom is 0.222 e. The van der Waals surface area contributed by atoms with Crippen LogP contribution in [0.25, 0.3) is 0 Å². The molecule has 0 unspecified atom stereocenters. The second-order valence-corrected chi connectivity index (χ2v) is 6.38. The zero-order valence-corrected chi connectivity index (χ0v) is 12.7. The Morgan fingerprint density at radius 2 is 1.94 bits per heavy atom. The van der Waals surface area contributed by atoms with Gasteiger partial charge in [0.05, 0.1) is 0 Å². The third-order valence-corrected chi connectivity index (χ3v) is 4.10. The van der Waals surface area contributed by atoms with Crippen LogP contribution in [0.4, 0.5) is 0 Å². The summed E-state index contributed by atoms with van der Waals surface area (Å²) < 4.78 is 0. The monoisotopic (exact) mass is 254 g/mol. The fraction of sp³-hybridized carbons (Fsp3) is 0.933. The van der Waals surface area contributed by atoms with Crippen LogP contribution in [0, 0.1) is 11.8 Å². The lowest BCUT2D eigenvalue weighted by molar-refractivity contribution is -0.125. The molecule has 0 radical (unpaired) electrons. The van der Waals surface area contributed by atoms with Crippen LogP contribution in [-0.4, -0.2) is 36.5 Å². The summed E-state index contributed by atoms with van der Waals surface area (Å²) in [4.78, 5) is 14.3. The van der Waals surface area contributed by atoms with Crippen LogP contribution in [0.15, 0.2) is 0 Å². The Morgan fingerprint density at radius 1 is 1.28 bits per heavy atom. The Bertz CT molecular complexity index is 263. The lowest BCUT2D eigenvalue weighted by Gasteiger charge is -2.36. The molecule has 1 amide bonds. The minimum absolute atomic E-state index is 0.0790. The van der Waals surface area contributed by atoms with Gasteiger partial charge in [-0.15, -0.1) is 0 Å². The third kappa shape index (κ3) is 4.60. The van der Waals surface area contributed by atoms with Crippen molar-refractivity contribution < 1.29 is 4.79 Å². The van der Waals surface area contributed by atoms with Crippen LogP contribution in [0.3, 0.4) is 0 Å². The highest BCUT2D eigenvalue weighted by Crippen LogP contribution is 2.21. The van der Waals surface area contributed by atoms with Crippen molar-refractivity contribution in [3.63, 3.8) is 0 Å². The van der Waals surface area contributed by atoms with Crippen molar-refractivity contribution in [1.29, 1.82) is 0 Å². The van der Waals surface area contributed by atoms with Crippen molar-refractivity contribution in [2.75, 3.05) is 13.6 Å². The molecule has 0 bridgehead atoms. The molecule has 2 atom stereocenters. The minimum atomic E-state index is 0.0790. The first kappa shape index (κ1) is 15.5. The van der Waals surface area contributed by atoms with Gasteiger partial charge in [0, 0.05) is 18.0 Å². The van der Waals surface area contributed by atoms with Crippen molar-refractivity contribution >= 4 is 5.91 Å². The van der Waals surface area contributed by atoms with Gasteiger partial charge in [-0.25, -0.2) is 0 Å². The van der Waals surface area contributed by atoms with Crippen LogP contribution in [0.1, 0.15) is 53.4 Å². The first-order chi connectivity index (χ1) is 8.41. The predicted octanol–water partition coefficient (Wildman–Crippen LogP) is 2.66. The molecule has 0 aromatic heterocycles. The Balaban J connectivity index is 2.54. The molecule has 1 saturated heterocycles. The van der Waals surface area contributed by atoms with E-state index < -0.39 is 0 Å². The second-order valence-electron chi connectivity index (χ2n) is 6.38. The highest BCUT2D eigenvalue weighted by molar-refractivity contribution is 5.78. The van der Waals surface area contributed by atoms with E-state index >= 15 is 0 Å². The molecule has 0 aliphatic carbocycles. The van der Waals surface area contributed by atoms with Crippen molar-refractivity contribution in [3.05, 3.63) is 0 Å². The maximum absolute atomic E-state index is 11.9. The number of carbonyl (C=O) groups is 1. The summed E-state index contributed by atoms with van der Waals surface area (Å²) in [6.45, 7) is 9.52. The molecule has 18 heavy (non-hydrogen) atoms. The van der Waals surface area contributed by atoms with E-state index in [-0.39, 0.29) is 11.8 Å². The average Bonchev–Trinajstić information content (AvgIpc) is 2.30. The summed E-state index contributed by atoms with van der Waals surface area (Å²) in [7, 11) is 2.21. The molecule has 3 nitrogen and oxygen atoms in total. The number of piperidine rings is 1. The summed E-state index contributed by atoms with van der Waals surface area (Å²) in [5.41, 5.74) is 0. The number of rotatable bonds is 5. The van der Waals surface area contributed by atoms with Gasteiger partial charge in [0.15, 0.2) is 0 Å². The fourth-order valence-electron chi connectivity index (χ4n) is 2.58. The molecular weight excluding hydrogens is 224 g/mol. The number of hydrogen-bond donors (Lipinski definition) is 1. The Labute approximate surface area is 112 Å². The quantitative estimate of drug-likeness (QED) is 0.818. The molecule has 1 aliphatic rings. The van der Waals surface area contributed by atoms with E-state index in [2.05, 4.69) is 31.1 Å². The molecule has 106 valence electrons. The highest BCUT2D eigenvalue weighted by Gasteiger charge is 2.25. The first-order valence-electron chi connectivity index (χ1n) is 7.42. The number of amides is 1. The van der Waals surface area contributed by atoms with E-state index in [0.717, 1.165) is 6.42 Å². The molecule has 1 aliphatic heterocycles. The largest absolute Gasteiger partial charge is 0.353 e. The van der Waals surface area contributed by atoms with Crippen LogP contribution in [-0.2, 0) is 4.79 Å². The molecule has 1 N–H and O–H groups in total. The number of likely N-dealkylation sites (tertiary alicyclic amines) is 1. The molecule has 3 heteroatoms. The summed E-state index contributed by atoms with van der Waals surface area (Å²) in [6.07, 6.45) is 5.01. The lowest BCUT2D eigenvalue weighted by atomic mass is 9.91. The second kappa shape index (κ2) is 7.13. The zero-order chi connectivity index (χ0) is 13.7. The van der Waals surface area contributed by atoms with Crippen molar-refractivity contribution in [3.8, 4) is 0 Å². The summed E-state index contributed by atoms with van der Waals surface area (Å²) in [5, 5.41) is 3.22. The van der Waals surface area contributed by atoms with Gasteiger partial charge >= 0.3 is 0 Å². The summed E-state index contributed by atoms with van der Waals surface area (Å²) in [5.74, 6) is 0.769. The molecular formula is C15H30N2O. The SMILES string of the molecule is CC(C)C(=O)N[C@H](C[C@H]1CCCCN1C)C(C)C. The van der Waals surface area contributed by atoms with Gasteiger partial charge in [-0.2, -0.15) is 0 Å². The van der Waals surface area contributed by atoms with Gasteiger partial charge in [-0.3, -0.25) is 4.79 Å². The predicted molar refractivity (Wildman–Crippen MR) is 76.5 cm³/mol. The Morgan fingerprint density at radius 3 is 2.44 bits per heavy atom. The van der Waals surface area contributed by atoms with Crippen LogP contribution >= 0.6 is 0 Å². The van der Waals surface area contributed by atoms with Gasteiger partial charge < -0.3 is 10.2 Å². The molecule has 1 heterocycles. The Kier molecular flexibility index (Phi) is 6.13. The van der Waals surface area contributed by atoms with E-state index in [1.54, 1.807) is 0 Å². The zero-order valence-electron chi connectivity index (χ0n) is 12.7. The van der Waals surface area contributed by atoms with E-state index in [0.29, 0.717) is 18.0 Å². The average molecular weight is 254 g/mol. The van der Waals surface area contributed by atoms with Crippen LogP contribution in [0.2, 0.25) is 0 Å². The maximum atomic E-state index is 11.9. The summed E-state index contributed by atoms with van der Waals surface area (Å²) in [6, 6.07) is 0.948. The molecule has 1 rings (SSSR count). The summed E-state index contributed by atoms with van der Waals surface area (Å²) >= 11 is 0. The molecule has 1 fully saturated rings. The van der Waals surface area contributed by atoms with Crippen molar-refractivity contribution in [2.45, 2.75) is 65.5 Å². The number of carbonyl (C=O) groups excluding carboxylic acids is 1. The Hall–Kier alpha value is -0.570. The first-order valence-corrected chi connectivity index (χ1v) is 7.42. The molecule has 0 aromatic carbocycles. The van der Waals surface area contributed by atoms with E-state index in [1.165, 1.54) is 25.8 Å². The van der Waals surface area contributed by atoms with Gasteiger partial charge in [-0.1, -0.05) is 34.1 Å². The van der Waals surface area contributed by atoms with Gasteiger partial charge in [0.1, 0.15) is 0 Å². The minimum Gasteiger partial charge on any atom is -0.353 e. The standard InChI is InChI=1S/C15H30N2O/c1-11(2)14(16-15(18)12(3)4)10-13-8-6-7-9-17(13)5/h11-14H,6-10H2,1-5H3,(H,16,18)/t13-,14-/m1/s1. The van der Waals surface area contributed by atoms with Gasteiger partial charge in [0.25, 0.3) is 0 Å². The van der Waals surface area contributed by atoms with E-state index in [9.17, 15) is 4.79 Å². The highest BCUT2D eigenvalue weighted by atomic mass is 16.1. The fourth-order valence-corrected chi connectivity index (χ4v) is 2.58. The number of nitrogens with zero attached hydrogens (tertiary/aromatic N) is 1. The van der Waals surface area contributed by atoms with Crippen LogP contribution in [0.5, 0.6) is 0 Å². The number of nitrogens with one attached hydrogen (secondary N) is 1. The normalized spacial score (nSPS) is 23.4. The number of hydrogen-bond acceptors (Lipinski definition) is 2. The van der Waals surface area contributed by atoms with Gasteiger partial charge in [0.2, 0.25) is 5.91 Å². The lowest BCUT2D eigenvalue weighted by Crippen LogP contribution is -2.46. The van der Waals surface area contributed by atoms with Crippen molar-refractivity contribution in [1.82, 2.24) is 10.2 Å². The molecule has 0 saturated carbocycles. The molecule has 0 aromatic rings. The molecule has 0 spiro atoms. The third-order valence-electron chi connectivity index (χ3n) is 4.10. The van der Waals surface area contributed by atoms with Crippen LogP contribution < -0.4 is 5.32 Å². The van der Waals surface area contributed by atoms with Crippen molar-refractivity contribution in [2.24, 2.45) is 11.8 Å². The smallest absolute Gasteiger partial charge is 0.222 e.